The number of amides is 1. The highest BCUT2D eigenvalue weighted by atomic mass is 35.5. The third-order valence-electron chi connectivity index (χ3n) is 3.02. The Morgan fingerprint density at radius 1 is 1.13 bits per heavy atom. The Labute approximate surface area is 140 Å². The van der Waals surface area contributed by atoms with Gasteiger partial charge in [-0.15, -0.1) is 0 Å². The molecule has 0 atom stereocenters. The lowest BCUT2D eigenvalue weighted by Gasteiger charge is -2.03. The molecule has 0 saturated carbocycles. The predicted octanol–water partition coefficient (Wildman–Crippen LogP) is 5.04. The molecule has 7 heteroatoms. The van der Waals surface area contributed by atoms with E-state index in [1.807, 2.05) is 0 Å². The molecular weight excluding hydrogens is 342 g/mol. The number of nitrogens with one attached hydrogen (secondary N) is 1. The molecule has 1 amide bonds. The molecule has 0 spiro atoms. The fourth-order valence-corrected chi connectivity index (χ4v) is 2.30. The highest BCUT2D eigenvalue weighted by Gasteiger charge is 2.15. The van der Waals surface area contributed by atoms with Crippen LogP contribution in [0.25, 0.3) is 11.5 Å². The minimum Gasteiger partial charge on any atom is -0.444 e. The molecule has 0 radical (unpaired) electrons. The van der Waals surface area contributed by atoms with Crippen molar-refractivity contribution in [1.29, 1.82) is 0 Å². The van der Waals surface area contributed by atoms with Gasteiger partial charge in [0.15, 0.2) is 5.69 Å². The van der Waals surface area contributed by atoms with Gasteiger partial charge in [0, 0.05) is 5.69 Å². The van der Waals surface area contributed by atoms with Gasteiger partial charge in [-0.25, -0.2) is 9.37 Å². The summed E-state index contributed by atoms with van der Waals surface area (Å²) in [5.41, 5.74) is 1.00. The number of hydrogen-bond acceptors (Lipinski definition) is 3. The van der Waals surface area contributed by atoms with Gasteiger partial charge in [-0.2, -0.15) is 0 Å². The third-order valence-corrected chi connectivity index (χ3v) is 3.64. The molecule has 0 aliphatic heterocycles. The Bertz CT molecular complexity index is 880. The molecule has 2 aromatic carbocycles. The zero-order valence-electron chi connectivity index (χ0n) is 11.5. The first-order valence-electron chi connectivity index (χ1n) is 6.51. The van der Waals surface area contributed by atoms with Crippen LogP contribution < -0.4 is 5.32 Å². The Kier molecular flexibility index (Phi) is 4.32. The lowest BCUT2D eigenvalue weighted by molar-refractivity contribution is 0.102. The van der Waals surface area contributed by atoms with Gasteiger partial charge in [0.2, 0.25) is 5.89 Å². The second kappa shape index (κ2) is 6.40. The molecule has 116 valence electrons. The Hall–Kier alpha value is -2.37. The first-order valence-corrected chi connectivity index (χ1v) is 7.27. The summed E-state index contributed by atoms with van der Waals surface area (Å²) in [6.07, 6.45) is 1.22. The summed E-state index contributed by atoms with van der Waals surface area (Å²) in [7, 11) is 0. The monoisotopic (exact) mass is 350 g/mol. The Morgan fingerprint density at radius 2 is 1.91 bits per heavy atom. The van der Waals surface area contributed by atoms with Crippen LogP contribution in [0.4, 0.5) is 10.1 Å². The van der Waals surface area contributed by atoms with E-state index in [4.69, 9.17) is 27.6 Å². The van der Waals surface area contributed by atoms with Gasteiger partial charge in [-0.3, -0.25) is 4.79 Å². The van der Waals surface area contributed by atoms with Crippen LogP contribution >= 0.6 is 23.2 Å². The van der Waals surface area contributed by atoms with Crippen LogP contribution in [0, 0.1) is 5.82 Å². The van der Waals surface area contributed by atoms with E-state index in [1.165, 1.54) is 18.4 Å². The molecule has 0 aliphatic carbocycles. The largest absolute Gasteiger partial charge is 0.444 e. The number of rotatable bonds is 3. The standard InChI is InChI=1S/C16H9Cl2FN2O2/c17-11-4-2-1-3-10(11)16-21-14(8-23-16)15(22)20-9-5-6-13(19)12(18)7-9/h1-8H,(H,20,22). The normalized spacial score (nSPS) is 10.6. The molecule has 0 aliphatic rings. The van der Waals surface area contributed by atoms with E-state index in [0.717, 1.165) is 6.07 Å². The van der Waals surface area contributed by atoms with Gasteiger partial charge >= 0.3 is 0 Å². The molecule has 0 bridgehead atoms. The highest BCUT2D eigenvalue weighted by Crippen LogP contribution is 2.27. The zero-order chi connectivity index (χ0) is 16.4. The van der Waals surface area contributed by atoms with Crippen molar-refractivity contribution < 1.29 is 13.6 Å². The fourth-order valence-electron chi connectivity index (χ4n) is 1.91. The summed E-state index contributed by atoms with van der Waals surface area (Å²) in [5.74, 6) is -0.834. The molecule has 1 heterocycles. The van der Waals surface area contributed by atoms with Gasteiger partial charge < -0.3 is 9.73 Å². The Balaban J connectivity index is 1.81. The molecular formula is C16H9Cl2FN2O2. The maximum Gasteiger partial charge on any atom is 0.277 e. The van der Waals surface area contributed by atoms with Gasteiger partial charge in [0.25, 0.3) is 5.91 Å². The molecule has 1 N–H and O–H groups in total. The maximum absolute atomic E-state index is 13.1. The number of halogens is 3. The number of oxazole rings is 1. The van der Waals surface area contributed by atoms with Crippen molar-refractivity contribution in [3.05, 3.63) is 70.3 Å². The molecule has 1 aromatic heterocycles. The third kappa shape index (κ3) is 3.36. The topological polar surface area (TPSA) is 55.1 Å². The van der Waals surface area contributed by atoms with E-state index < -0.39 is 11.7 Å². The summed E-state index contributed by atoms with van der Waals surface area (Å²) in [4.78, 5) is 16.2. The lowest BCUT2D eigenvalue weighted by atomic mass is 10.2. The summed E-state index contributed by atoms with van der Waals surface area (Å²) >= 11 is 11.7. The molecule has 3 aromatic rings. The van der Waals surface area contributed by atoms with Crippen LogP contribution in [-0.4, -0.2) is 10.9 Å². The fraction of sp³-hybridized carbons (Fsp3) is 0. The Morgan fingerprint density at radius 3 is 2.65 bits per heavy atom. The smallest absolute Gasteiger partial charge is 0.277 e. The van der Waals surface area contributed by atoms with Crippen LogP contribution in [-0.2, 0) is 0 Å². The molecule has 0 unspecified atom stereocenters. The number of carbonyl (C=O) groups is 1. The molecule has 3 rings (SSSR count). The van der Waals surface area contributed by atoms with Gasteiger partial charge in [-0.1, -0.05) is 35.3 Å². The number of anilines is 1. The second-order valence-corrected chi connectivity index (χ2v) is 5.42. The lowest BCUT2D eigenvalue weighted by Crippen LogP contribution is -2.12. The highest BCUT2D eigenvalue weighted by molar-refractivity contribution is 6.33. The van der Waals surface area contributed by atoms with Crippen molar-refractivity contribution in [2.75, 3.05) is 5.32 Å². The van der Waals surface area contributed by atoms with E-state index in [-0.39, 0.29) is 16.6 Å². The number of aromatic nitrogens is 1. The van der Waals surface area contributed by atoms with Crippen molar-refractivity contribution in [2.45, 2.75) is 0 Å². The summed E-state index contributed by atoms with van der Waals surface area (Å²) in [6.45, 7) is 0. The average Bonchev–Trinajstić information content (AvgIpc) is 3.01. The quantitative estimate of drug-likeness (QED) is 0.719. The molecule has 4 nitrogen and oxygen atoms in total. The van der Waals surface area contributed by atoms with E-state index in [0.29, 0.717) is 16.3 Å². The molecule has 0 fully saturated rings. The number of benzene rings is 2. The van der Waals surface area contributed by atoms with Crippen LogP contribution in [0.15, 0.2) is 53.1 Å². The number of nitrogens with zero attached hydrogens (tertiary/aromatic N) is 1. The van der Waals surface area contributed by atoms with Crippen LogP contribution in [0.1, 0.15) is 10.5 Å². The molecule has 23 heavy (non-hydrogen) atoms. The van der Waals surface area contributed by atoms with Crippen LogP contribution in [0.2, 0.25) is 10.0 Å². The zero-order valence-corrected chi connectivity index (χ0v) is 13.0. The molecule has 0 saturated heterocycles. The van der Waals surface area contributed by atoms with E-state index in [1.54, 1.807) is 24.3 Å². The second-order valence-electron chi connectivity index (χ2n) is 4.60. The van der Waals surface area contributed by atoms with Crippen LogP contribution in [0.5, 0.6) is 0 Å². The first kappa shape index (κ1) is 15.5. The van der Waals surface area contributed by atoms with Gasteiger partial charge in [-0.05, 0) is 30.3 Å². The van der Waals surface area contributed by atoms with E-state index in [9.17, 15) is 9.18 Å². The minimum absolute atomic E-state index is 0.0698. The predicted molar refractivity (Wildman–Crippen MR) is 86.3 cm³/mol. The first-order chi connectivity index (χ1) is 11.0. The van der Waals surface area contributed by atoms with Crippen molar-refractivity contribution in [3.8, 4) is 11.5 Å². The van der Waals surface area contributed by atoms with E-state index >= 15 is 0 Å². The minimum atomic E-state index is -0.563. The van der Waals surface area contributed by atoms with Crippen molar-refractivity contribution >= 4 is 34.8 Å². The van der Waals surface area contributed by atoms with Crippen molar-refractivity contribution in [2.24, 2.45) is 0 Å². The number of carbonyl (C=O) groups excluding carboxylic acids is 1. The number of hydrogen-bond donors (Lipinski definition) is 1. The summed E-state index contributed by atoms with van der Waals surface area (Å²) in [6, 6.07) is 10.9. The van der Waals surface area contributed by atoms with Gasteiger partial charge in [0.1, 0.15) is 12.1 Å². The summed E-state index contributed by atoms with van der Waals surface area (Å²) < 4.78 is 18.4. The average molecular weight is 351 g/mol. The van der Waals surface area contributed by atoms with Gasteiger partial charge in [0.05, 0.1) is 15.6 Å². The van der Waals surface area contributed by atoms with Crippen molar-refractivity contribution in [1.82, 2.24) is 4.98 Å². The summed E-state index contributed by atoms with van der Waals surface area (Å²) in [5, 5.41) is 2.94. The SMILES string of the molecule is O=C(Nc1ccc(F)c(Cl)c1)c1coc(-c2ccccc2Cl)n1. The maximum atomic E-state index is 13.1. The van der Waals surface area contributed by atoms with Crippen molar-refractivity contribution in [3.63, 3.8) is 0 Å². The van der Waals surface area contributed by atoms with E-state index in [2.05, 4.69) is 10.3 Å². The van der Waals surface area contributed by atoms with Crippen LogP contribution in [0.3, 0.4) is 0 Å².